The first-order chi connectivity index (χ1) is 16.6. The molecule has 3 atom stereocenters. The highest BCUT2D eigenvalue weighted by atomic mass is 32.1. The zero-order chi connectivity index (χ0) is 26.0. The number of hydrogen-bond donors (Lipinski definition) is 1. The van der Waals surface area contributed by atoms with Gasteiger partial charge in [0.1, 0.15) is 17.0 Å². The third-order valence-electron chi connectivity index (χ3n) is 5.99. The number of esters is 1. The quantitative estimate of drug-likeness (QED) is 0.413. The highest BCUT2D eigenvalue weighted by molar-refractivity contribution is 7.09. The molecule has 192 valence electrons. The summed E-state index contributed by atoms with van der Waals surface area (Å²) in [7, 11) is 1.80. The van der Waals surface area contributed by atoms with Crippen molar-refractivity contribution in [2.75, 3.05) is 13.6 Å². The minimum absolute atomic E-state index is 0.0719. The summed E-state index contributed by atoms with van der Waals surface area (Å²) >= 11 is 1.27. The molecule has 2 aromatic heterocycles. The molecule has 0 aliphatic heterocycles. The fraction of sp³-hybridized carbons (Fsp3) is 0.600. The van der Waals surface area contributed by atoms with Crippen molar-refractivity contribution in [1.29, 1.82) is 0 Å². The molecule has 0 saturated heterocycles. The molecule has 10 heteroatoms. The van der Waals surface area contributed by atoms with Gasteiger partial charge >= 0.3 is 5.97 Å². The molecule has 2 amide bonds. The summed E-state index contributed by atoms with van der Waals surface area (Å²) in [4.78, 5) is 51.5. The lowest BCUT2D eigenvalue weighted by Gasteiger charge is -2.34. The second-order valence-electron chi connectivity index (χ2n) is 9.19. The van der Waals surface area contributed by atoms with Gasteiger partial charge in [0.25, 0.3) is 5.91 Å². The minimum Gasteiger partial charge on any atom is -0.455 e. The van der Waals surface area contributed by atoms with Gasteiger partial charge in [0, 0.05) is 57.2 Å². The van der Waals surface area contributed by atoms with Gasteiger partial charge in [-0.25, -0.2) is 15.0 Å². The Morgan fingerprint density at radius 3 is 2.46 bits per heavy atom. The van der Waals surface area contributed by atoms with Crippen molar-refractivity contribution in [1.82, 2.24) is 25.2 Å². The Kier molecular flexibility index (Phi) is 11.2. The summed E-state index contributed by atoms with van der Waals surface area (Å²) in [5.74, 6) is -0.215. The van der Waals surface area contributed by atoms with Crippen LogP contribution >= 0.6 is 11.3 Å². The standard InChI is InChI=1S/C25H37N5O4S/c1-7-17(4)10-23(32)30(6)21(16(2)3)11-22(34-18(5)31)25-29-20(14-35-25)24(33)28-9-8-19-12-26-15-27-13-19/h12-17,21-22H,7-11H2,1-6H3,(H,28,33)/t17-,21+,22+/m0/s1. The molecule has 0 unspecified atom stereocenters. The van der Waals surface area contributed by atoms with Gasteiger partial charge in [-0.2, -0.15) is 0 Å². The molecule has 9 nitrogen and oxygen atoms in total. The van der Waals surface area contributed by atoms with E-state index in [0.717, 1.165) is 12.0 Å². The van der Waals surface area contributed by atoms with Gasteiger partial charge in [-0.15, -0.1) is 11.3 Å². The van der Waals surface area contributed by atoms with Gasteiger partial charge < -0.3 is 15.0 Å². The Balaban J connectivity index is 2.09. The molecule has 2 heterocycles. The lowest BCUT2D eigenvalue weighted by atomic mass is 9.95. The van der Waals surface area contributed by atoms with Crippen LogP contribution in [0.25, 0.3) is 0 Å². The number of nitrogens with one attached hydrogen (secondary N) is 1. The number of ether oxygens (including phenoxy) is 1. The number of carbonyl (C=O) groups is 3. The maximum atomic E-state index is 12.8. The Bertz CT molecular complexity index is 966. The highest BCUT2D eigenvalue weighted by Gasteiger charge is 2.31. The zero-order valence-corrected chi connectivity index (χ0v) is 22.3. The van der Waals surface area contributed by atoms with Gasteiger partial charge in [-0.05, 0) is 23.8 Å². The lowest BCUT2D eigenvalue weighted by Crippen LogP contribution is -2.42. The summed E-state index contributed by atoms with van der Waals surface area (Å²) in [5.41, 5.74) is 1.20. The van der Waals surface area contributed by atoms with Crippen molar-refractivity contribution >= 4 is 29.1 Å². The third-order valence-corrected chi connectivity index (χ3v) is 6.92. The molecule has 0 aliphatic rings. The minimum atomic E-state index is -0.647. The van der Waals surface area contributed by atoms with Crippen LogP contribution in [0.4, 0.5) is 0 Å². The maximum absolute atomic E-state index is 12.8. The lowest BCUT2D eigenvalue weighted by molar-refractivity contribution is -0.148. The van der Waals surface area contributed by atoms with Crippen molar-refractivity contribution in [2.45, 2.75) is 72.4 Å². The molecule has 1 N–H and O–H groups in total. The number of thiazole rings is 1. The number of carbonyl (C=O) groups excluding carboxylic acids is 3. The smallest absolute Gasteiger partial charge is 0.303 e. The first-order valence-electron chi connectivity index (χ1n) is 12.0. The van der Waals surface area contributed by atoms with E-state index in [1.54, 1.807) is 29.7 Å². The molecular formula is C25H37N5O4S. The van der Waals surface area contributed by atoms with Crippen LogP contribution in [-0.4, -0.2) is 57.3 Å². The van der Waals surface area contributed by atoms with Crippen molar-refractivity contribution in [3.05, 3.63) is 40.4 Å². The topological polar surface area (TPSA) is 114 Å². The first-order valence-corrected chi connectivity index (χ1v) is 12.9. The number of amides is 2. The van der Waals surface area contributed by atoms with Crippen LogP contribution < -0.4 is 5.32 Å². The molecule has 35 heavy (non-hydrogen) atoms. The molecule has 0 aromatic carbocycles. The molecule has 0 spiro atoms. The molecule has 0 fully saturated rings. The molecule has 0 radical (unpaired) electrons. The summed E-state index contributed by atoms with van der Waals surface area (Å²) in [6, 6.07) is -0.148. The van der Waals surface area contributed by atoms with E-state index < -0.39 is 12.1 Å². The Labute approximate surface area is 211 Å². The van der Waals surface area contributed by atoms with Crippen LogP contribution in [0.2, 0.25) is 0 Å². The van der Waals surface area contributed by atoms with Crippen molar-refractivity contribution in [2.24, 2.45) is 11.8 Å². The van der Waals surface area contributed by atoms with Crippen LogP contribution in [0.3, 0.4) is 0 Å². The first kappa shape index (κ1) is 28.4. The maximum Gasteiger partial charge on any atom is 0.303 e. The Morgan fingerprint density at radius 1 is 1.17 bits per heavy atom. The molecule has 2 rings (SSSR count). The van der Waals surface area contributed by atoms with Gasteiger partial charge in [-0.1, -0.05) is 34.1 Å². The molecule has 0 saturated carbocycles. The summed E-state index contributed by atoms with van der Waals surface area (Å²) < 4.78 is 5.61. The Hall–Kier alpha value is -2.88. The number of rotatable bonds is 13. The van der Waals surface area contributed by atoms with Crippen molar-refractivity contribution in [3.8, 4) is 0 Å². The molecule has 0 aliphatic carbocycles. The number of hydrogen-bond acceptors (Lipinski definition) is 8. The average molecular weight is 504 g/mol. The van der Waals surface area contributed by atoms with Crippen LogP contribution in [-0.2, 0) is 20.7 Å². The van der Waals surface area contributed by atoms with E-state index in [9.17, 15) is 14.4 Å². The molecule has 0 bridgehead atoms. The fourth-order valence-corrected chi connectivity index (χ4v) is 4.52. The van der Waals surface area contributed by atoms with E-state index in [4.69, 9.17) is 4.74 Å². The van der Waals surface area contributed by atoms with Crippen molar-refractivity contribution < 1.29 is 19.1 Å². The largest absolute Gasteiger partial charge is 0.455 e. The third kappa shape index (κ3) is 9.01. The zero-order valence-electron chi connectivity index (χ0n) is 21.5. The number of nitrogens with zero attached hydrogens (tertiary/aromatic N) is 4. The van der Waals surface area contributed by atoms with Gasteiger partial charge in [0.05, 0.1) is 0 Å². The summed E-state index contributed by atoms with van der Waals surface area (Å²) in [5, 5.41) is 5.04. The van der Waals surface area contributed by atoms with Crippen LogP contribution in [0, 0.1) is 11.8 Å². The summed E-state index contributed by atoms with van der Waals surface area (Å²) in [6.45, 7) is 9.99. The number of aromatic nitrogens is 3. The van der Waals surface area contributed by atoms with E-state index in [0.29, 0.717) is 36.7 Å². The monoisotopic (exact) mass is 503 g/mol. The van der Waals surface area contributed by atoms with Gasteiger partial charge in [-0.3, -0.25) is 14.4 Å². The van der Waals surface area contributed by atoms with Crippen molar-refractivity contribution in [3.63, 3.8) is 0 Å². The van der Waals surface area contributed by atoms with E-state index in [1.165, 1.54) is 24.6 Å². The second kappa shape index (κ2) is 13.9. The van der Waals surface area contributed by atoms with Crippen LogP contribution in [0.1, 0.15) is 81.0 Å². The predicted molar refractivity (Wildman–Crippen MR) is 135 cm³/mol. The molecular weight excluding hydrogens is 466 g/mol. The van der Waals surface area contributed by atoms with E-state index in [2.05, 4.69) is 34.1 Å². The second-order valence-corrected chi connectivity index (χ2v) is 10.1. The highest BCUT2D eigenvalue weighted by Crippen LogP contribution is 2.30. The van der Waals surface area contributed by atoms with Crippen LogP contribution in [0.5, 0.6) is 0 Å². The normalized spacial score (nSPS) is 13.7. The van der Waals surface area contributed by atoms with E-state index in [-0.39, 0.29) is 29.5 Å². The summed E-state index contributed by atoms with van der Waals surface area (Å²) in [6.07, 6.45) is 6.65. The Morgan fingerprint density at radius 2 is 1.86 bits per heavy atom. The SMILES string of the molecule is CC[C@H](C)CC(=O)N(C)[C@H](C[C@@H](OC(C)=O)c1nc(C(=O)NCCc2cncnc2)cs1)C(C)C. The molecule has 2 aromatic rings. The average Bonchev–Trinajstić information content (AvgIpc) is 3.31. The predicted octanol–water partition coefficient (Wildman–Crippen LogP) is 3.82. The fourth-order valence-electron chi connectivity index (χ4n) is 3.68. The van der Waals surface area contributed by atoms with E-state index >= 15 is 0 Å². The van der Waals surface area contributed by atoms with Gasteiger partial charge in [0.15, 0.2) is 6.10 Å². The van der Waals surface area contributed by atoms with Crippen LogP contribution in [0.15, 0.2) is 24.1 Å². The van der Waals surface area contributed by atoms with Gasteiger partial charge in [0.2, 0.25) is 5.91 Å². The van der Waals surface area contributed by atoms with E-state index in [1.807, 2.05) is 13.8 Å².